The highest BCUT2D eigenvalue weighted by molar-refractivity contribution is 7.46. The van der Waals surface area contributed by atoms with Gasteiger partial charge >= 0.3 is 13.5 Å². The van der Waals surface area contributed by atoms with Crippen LogP contribution in [0.2, 0.25) is 0 Å². The summed E-state index contributed by atoms with van der Waals surface area (Å²) in [6.45, 7) is -0.657. The molecule has 0 radical (unpaired) electrons. The summed E-state index contributed by atoms with van der Waals surface area (Å²) in [5.74, 6) is -0.0225. The molecule has 2 rings (SSSR count). The summed E-state index contributed by atoms with van der Waals surface area (Å²) in [5.41, 5.74) is 4.52. The van der Waals surface area contributed by atoms with Crippen LogP contribution in [0.25, 0.3) is 0 Å². The average molecular weight is 326 g/mol. The van der Waals surface area contributed by atoms with E-state index in [4.69, 9.17) is 20.3 Å². The lowest BCUT2D eigenvalue weighted by molar-refractivity contribution is -0.0542. The molecule has 118 valence electrons. The first-order valence-electron chi connectivity index (χ1n) is 5.75. The molecule has 0 unspecified atom stereocenters. The number of aliphatic hydroxyl groups is 2. The van der Waals surface area contributed by atoms with E-state index in [-0.39, 0.29) is 5.82 Å². The number of anilines is 1. The lowest BCUT2D eigenvalue weighted by Crippen LogP contribution is -2.36. The minimum Gasteiger partial charge on any atom is -0.387 e. The zero-order valence-electron chi connectivity index (χ0n) is 10.5. The molecule has 0 amide bonds. The van der Waals surface area contributed by atoms with Gasteiger partial charge in [-0.15, -0.1) is 0 Å². The van der Waals surface area contributed by atoms with Crippen molar-refractivity contribution in [2.24, 2.45) is 0 Å². The Morgan fingerprint density at radius 3 is 2.67 bits per heavy atom. The molecule has 1 saturated heterocycles. The molecular formula is C9H14N3O8P. The van der Waals surface area contributed by atoms with Gasteiger partial charge in [-0.2, -0.15) is 4.98 Å². The van der Waals surface area contributed by atoms with Crippen LogP contribution in [0.3, 0.4) is 0 Å². The molecule has 1 aromatic rings. The van der Waals surface area contributed by atoms with Gasteiger partial charge in [0.2, 0.25) is 0 Å². The third-order valence-corrected chi connectivity index (χ3v) is 3.36. The Labute approximate surface area is 117 Å². The largest absolute Gasteiger partial charge is 0.469 e. The molecule has 2 heterocycles. The minimum absolute atomic E-state index is 0.0225. The maximum absolute atomic E-state index is 11.6. The Bertz CT molecular complexity index is 615. The van der Waals surface area contributed by atoms with Gasteiger partial charge in [-0.05, 0) is 6.07 Å². The molecule has 0 aliphatic carbocycles. The van der Waals surface area contributed by atoms with Gasteiger partial charge in [0.25, 0.3) is 0 Å². The zero-order chi connectivity index (χ0) is 15.8. The molecule has 1 fully saturated rings. The van der Waals surface area contributed by atoms with E-state index in [1.54, 1.807) is 0 Å². The number of nitrogens with zero attached hydrogens (tertiary/aromatic N) is 2. The summed E-state index contributed by atoms with van der Waals surface area (Å²) in [5, 5.41) is 19.6. The number of aliphatic hydroxyl groups excluding tert-OH is 2. The van der Waals surface area contributed by atoms with Crippen molar-refractivity contribution in [2.75, 3.05) is 12.3 Å². The van der Waals surface area contributed by atoms with Crippen LogP contribution < -0.4 is 11.4 Å². The lowest BCUT2D eigenvalue weighted by Gasteiger charge is -2.16. The number of nitrogen functional groups attached to an aromatic ring is 1. The van der Waals surface area contributed by atoms with E-state index in [1.807, 2.05) is 0 Å². The van der Waals surface area contributed by atoms with E-state index in [1.165, 1.54) is 12.3 Å². The Kier molecular flexibility index (Phi) is 4.44. The number of phosphoric ester groups is 1. The quantitative estimate of drug-likeness (QED) is 0.373. The maximum Gasteiger partial charge on any atom is 0.469 e. The van der Waals surface area contributed by atoms with E-state index < -0.39 is 44.7 Å². The number of rotatable bonds is 4. The third-order valence-electron chi connectivity index (χ3n) is 2.87. The van der Waals surface area contributed by atoms with Crippen LogP contribution >= 0.6 is 7.82 Å². The number of hydrogen-bond acceptors (Lipinski definition) is 8. The lowest BCUT2D eigenvalue weighted by atomic mass is 10.1. The second-order valence-electron chi connectivity index (χ2n) is 4.37. The van der Waals surface area contributed by atoms with Gasteiger partial charge in [-0.1, -0.05) is 0 Å². The predicted molar refractivity (Wildman–Crippen MR) is 66.8 cm³/mol. The van der Waals surface area contributed by atoms with Crippen molar-refractivity contribution in [3.63, 3.8) is 0 Å². The third kappa shape index (κ3) is 3.66. The van der Waals surface area contributed by atoms with Crippen LogP contribution in [-0.4, -0.2) is 54.5 Å². The molecule has 1 aliphatic heterocycles. The van der Waals surface area contributed by atoms with Gasteiger partial charge in [0.15, 0.2) is 6.23 Å². The predicted octanol–water partition coefficient (Wildman–Crippen LogP) is -2.45. The molecule has 12 heteroatoms. The molecule has 6 N–H and O–H groups in total. The van der Waals surface area contributed by atoms with Crippen molar-refractivity contribution in [1.29, 1.82) is 0 Å². The van der Waals surface area contributed by atoms with E-state index in [2.05, 4.69) is 9.51 Å². The van der Waals surface area contributed by atoms with Crippen molar-refractivity contribution in [1.82, 2.24) is 9.55 Å². The second kappa shape index (κ2) is 5.81. The SMILES string of the molecule is Nc1cc[15n]([C@@H]2O[C@H](COP(=O)(O)O)[C@@H](O)[C@@H]2O)[13c](=O)[15n]1. The first-order chi connectivity index (χ1) is 9.69. The normalized spacial score (nSPS) is 29.7. The van der Waals surface area contributed by atoms with Gasteiger partial charge in [0, 0.05) is 6.20 Å². The Morgan fingerprint density at radius 1 is 1.43 bits per heavy atom. The van der Waals surface area contributed by atoms with Crippen LogP contribution in [0, 0.1) is 0 Å². The highest BCUT2D eigenvalue weighted by Gasteiger charge is 2.44. The van der Waals surface area contributed by atoms with E-state index in [0.29, 0.717) is 0 Å². The Balaban J connectivity index is 2.16. The minimum atomic E-state index is -4.74. The van der Waals surface area contributed by atoms with Crippen molar-refractivity contribution >= 4 is 13.6 Å². The standard InChI is InChI=1S/C9H14N3O8P/c10-5-1-2-12(9(15)11-5)8-7(14)6(13)4(20-8)3-19-21(16,17)18/h1-2,4,6-8,13-14H,3H2,(H2,10,11,15)(H2,16,17,18)/t4-,6-,7+,8-/m1/s1/i9+1,11+1,12+1. The molecular weight excluding hydrogens is 312 g/mol. The molecule has 21 heavy (non-hydrogen) atoms. The first kappa shape index (κ1) is 16.0. The van der Waals surface area contributed by atoms with Gasteiger partial charge in [0.1, 0.15) is 24.1 Å². The van der Waals surface area contributed by atoms with E-state index in [9.17, 15) is 19.6 Å². The maximum atomic E-state index is 11.6. The summed E-state index contributed by atoms with van der Waals surface area (Å²) < 4.78 is 20.9. The van der Waals surface area contributed by atoms with Crippen LogP contribution in [-0.2, 0) is 13.8 Å². The van der Waals surface area contributed by atoms with Crippen molar-refractivity contribution in [2.45, 2.75) is 24.5 Å². The first-order valence-corrected chi connectivity index (χ1v) is 7.28. The van der Waals surface area contributed by atoms with E-state index >= 15 is 0 Å². The molecule has 4 atom stereocenters. The monoisotopic (exact) mass is 326 g/mol. The fourth-order valence-electron chi connectivity index (χ4n) is 1.89. The molecule has 0 spiro atoms. The zero-order valence-corrected chi connectivity index (χ0v) is 11.4. The van der Waals surface area contributed by atoms with Crippen molar-refractivity contribution in [3.05, 3.63) is 22.7 Å². The van der Waals surface area contributed by atoms with Gasteiger partial charge < -0.3 is 30.5 Å². The van der Waals surface area contributed by atoms with Gasteiger partial charge in [-0.25, -0.2) is 9.36 Å². The number of nitrogens with two attached hydrogens (primary N) is 1. The number of hydrogen-bond donors (Lipinski definition) is 5. The summed E-state index contributed by atoms with van der Waals surface area (Å²) >= 11 is 0. The number of aromatic nitrogens is 2. The number of ether oxygens (including phenoxy) is 1. The van der Waals surface area contributed by atoms with Crippen molar-refractivity contribution < 1.29 is 33.8 Å². The number of phosphoric acid groups is 1. The van der Waals surface area contributed by atoms with Crippen LogP contribution in [0.15, 0.2) is 17.1 Å². The molecule has 1 aromatic heterocycles. The van der Waals surface area contributed by atoms with Gasteiger partial charge in [-0.3, -0.25) is 9.09 Å². The topological polar surface area (TPSA) is 177 Å². The summed E-state index contributed by atoms with van der Waals surface area (Å²) in [7, 11) is -4.74. The molecule has 0 aromatic carbocycles. The highest BCUT2D eigenvalue weighted by Crippen LogP contribution is 2.38. The molecule has 1 aliphatic rings. The summed E-state index contributed by atoms with van der Waals surface area (Å²) in [4.78, 5) is 32.3. The van der Waals surface area contributed by atoms with Crippen LogP contribution in [0.5, 0.6) is 0 Å². The average Bonchev–Trinajstić information content (AvgIpc) is 2.64. The molecule has 0 bridgehead atoms. The fraction of sp³-hybridized carbons (Fsp3) is 0.556. The van der Waals surface area contributed by atoms with Crippen LogP contribution in [0.4, 0.5) is 5.82 Å². The highest BCUT2D eigenvalue weighted by atomic mass is 31.2. The smallest absolute Gasteiger partial charge is 0.387 e. The summed E-state index contributed by atoms with van der Waals surface area (Å²) in [6, 6.07) is 1.29. The Hall–Kier alpha value is -1.33. The second-order valence-corrected chi connectivity index (χ2v) is 5.61. The van der Waals surface area contributed by atoms with Crippen LogP contribution in [0.1, 0.15) is 6.23 Å². The van der Waals surface area contributed by atoms with E-state index in [0.717, 1.165) is 4.57 Å². The molecule has 0 saturated carbocycles. The fourth-order valence-corrected chi connectivity index (χ4v) is 2.23. The summed E-state index contributed by atoms with van der Waals surface area (Å²) in [6.07, 6.45) is -4.27. The van der Waals surface area contributed by atoms with Gasteiger partial charge in [0.05, 0.1) is 6.61 Å². The Morgan fingerprint density at radius 2 is 2.10 bits per heavy atom. The molecule has 11 nitrogen and oxygen atoms in total. The van der Waals surface area contributed by atoms with Crippen molar-refractivity contribution in [3.8, 4) is 0 Å².